The lowest BCUT2D eigenvalue weighted by Gasteiger charge is -2.26. The highest BCUT2D eigenvalue weighted by molar-refractivity contribution is 5.94. The number of nitrogens with zero attached hydrogens (tertiary/aromatic N) is 3. The zero-order valence-corrected chi connectivity index (χ0v) is 14.4. The Morgan fingerprint density at radius 3 is 2.69 bits per heavy atom. The lowest BCUT2D eigenvalue weighted by molar-refractivity contribution is 0.0767. The van der Waals surface area contributed by atoms with Gasteiger partial charge in [-0.05, 0) is 47.9 Å². The number of hydrogen-bond acceptors (Lipinski definition) is 2. The second-order valence-electron chi connectivity index (χ2n) is 6.41. The van der Waals surface area contributed by atoms with E-state index in [9.17, 15) is 9.18 Å². The molecule has 0 unspecified atom stereocenters. The van der Waals surface area contributed by atoms with E-state index in [4.69, 9.17) is 0 Å². The van der Waals surface area contributed by atoms with Gasteiger partial charge in [0.05, 0.1) is 5.69 Å². The third-order valence-electron chi connectivity index (χ3n) is 4.73. The molecule has 5 nitrogen and oxygen atoms in total. The van der Waals surface area contributed by atoms with Crippen LogP contribution in [0.1, 0.15) is 22.5 Å². The molecule has 1 amide bonds. The average Bonchev–Trinajstić information content (AvgIpc) is 3.31. The number of nitrogens with one attached hydrogen (secondary N) is 1. The lowest BCUT2D eigenvalue weighted by atomic mass is 9.99. The number of aromatic amines is 1. The summed E-state index contributed by atoms with van der Waals surface area (Å²) in [6, 6.07) is 12.2. The van der Waals surface area contributed by atoms with Crippen LogP contribution in [-0.2, 0) is 7.05 Å². The number of rotatable bonds is 3. The molecule has 0 atom stereocenters. The highest BCUT2D eigenvalue weighted by Crippen LogP contribution is 2.24. The van der Waals surface area contributed by atoms with E-state index in [0.717, 1.165) is 28.9 Å². The number of carbonyl (C=O) groups is 1. The molecule has 0 spiro atoms. The van der Waals surface area contributed by atoms with E-state index in [0.29, 0.717) is 18.8 Å². The van der Waals surface area contributed by atoms with Crippen LogP contribution in [0.4, 0.5) is 4.39 Å². The van der Waals surface area contributed by atoms with Crippen molar-refractivity contribution in [3.8, 4) is 11.4 Å². The van der Waals surface area contributed by atoms with E-state index >= 15 is 0 Å². The molecule has 0 radical (unpaired) electrons. The van der Waals surface area contributed by atoms with Gasteiger partial charge in [0.15, 0.2) is 0 Å². The number of hydrogen-bond donors (Lipinski definition) is 1. The van der Waals surface area contributed by atoms with Crippen LogP contribution in [0.2, 0.25) is 0 Å². The number of H-pyrrole nitrogens is 1. The topological polar surface area (TPSA) is 53.9 Å². The van der Waals surface area contributed by atoms with Gasteiger partial charge in [-0.3, -0.25) is 9.89 Å². The monoisotopic (exact) mass is 350 g/mol. The molecule has 0 saturated carbocycles. The van der Waals surface area contributed by atoms with Gasteiger partial charge in [0.25, 0.3) is 5.91 Å². The fourth-order valence-corrected chi connectivity index (χ4v) is 3.24. The third kappa shape index (κ3) is 3.06. The Kier molecular flexibility index (Phi) is 4.16. The molecule has 1 aliphatic heterocycles. The zero-order chi connectivity index (χ0) is 18.1. The smallest absolute Gasteiger partial charge is 0.272 e. The van der Waals surface area contributed by atoms with Crippen molar-refractivity contribution >= 4 is 11.5 Å². The molecular formula is C20H19FN4O. The van der Waals surface area contributed by atoms with Crippen molar-refractivity contribution in [2.45, 2.75) is 6.42 Å². The fourth-order valence-electron chi connectivity index (χ4n) is 3.24. The SMILES string of the molecule is Cn1cccc1-c1cc(C(=O)N2CC=C(c3ccc(F)cc3)CC2)[nH]n1. The largest absolute Gasteiger partial charge is 0.349 e. The minimum atomic E-state index is -0.241. The highest BCUT2D eigenvalue weighted by atomic mass is 19.1. The summed E-state index contributed by atoms with van der Waals surface area (Å²) >= 11 is 0. The summed E-state index contributed by atoms with van der Waals surface area (Å²) in [6.45, 7) is 1.16. The maximum Gasteiger partial charge on any atom is 0.272 e. The molecule has 3 heterocycles. The first-order chi connectivity index (χ1) is 12.6. The van der Waals surface area contributed by atoms with E-state index in [1.165, 1.54) is 12.1 Å². The molecular weight excluding hydrogens is 331 g/mol. The number of aryl methyl sites for hydroxylation is 1. The van der Waals surface area contributed by atoms with E-state index in [2.05, 4.69) is 10.2 Å². The molecule has 4 rings (SSSR count). The van der Waals surface area contributed by atoms with Crippen molar-refractivity contribution in [1.82, 2.24) is 19.7 Å². The maximum absolute atomic E-state index is 13.1. The van der Waals surface area contributed by atoms with Crippen LogP contribution in [-0.4, -0.2) is 38.7 Å². The van der Waals surface area contributed by atoms with Crippen LogP contribution in [0.25, 0.3) is 17.0 Å². The van der Waals surface area contributed by atoms with Gasteiger partial charge in [-0.1, -0.05) is 18.2 Å². The molecule has 1 aromatic carbocycles. The summed E-state index contributed by atoms with van der Waals surface area (Å²) < 4.78 is 15.0. The Hall–Kier alpha value is -3.15. The Morgan fingerprint density at radius 2 is 2.04 bits per heavy atom. The van der Waals surface area contributed by atoms with E-state index in [1.54, 1.807) is 23.1 Å². The Morgan fingerprint density at radius 1 is 1.23 bits per heavy atom. The fraction of sp³-hybridized carbons (Fsp3) is 0.200. The number of halogens is 1. The number of aromatic nitrogens is 3. The van der Waals surface area contributed by atoms with E-state index in [1.807, 2.05) is 36.0 Å². The van der Waals surface area contributed by atoms with Crippen molar-refractivity contribution in [3.05, 3.63) is 71.8 Å². The summed E-state index contributed by atoms with van der Waals surface area (Å²) in [5.41, 5.74) is 4.34. The van der Waals surface area contributed by atoms with Gasteiger partial charge in [0, 0.05) is 26.3 Å². The van der Waals surface area contributed by atoms with Gasteiger partial charge in [-0.15, -0.1) is 0 Å². The molecule has 1 N–H and O–H groups in total. The Bertz CT molecular complexity index is 968. The van der Waals surface area contributed by atoms with E-state index in [-0.39, 0.29) is 11.7 Å². The van der Waals surface area contributed by atoms with Crippen molar-refractivity contribution in [3.63, 3.8) is 0 Å². The molecule has 2 aromatic heterocycles. The minimum absolute atomic E-state index is 0.0626. The second-order valence-corrected chi connectivity index (χ2v) is 6.41. The molecule has 0 fully saturated rings. The van der Waals surface area contributed by atoms with Gasteiger partial charge >= 0.3 is 0 Å². The van der Waals surface area contributed by atoms with Gasteiger partial charge in [-0.2, -0.15) is 5.10 Å². The first-order valence-electron chi connectivity index (χ1n) is 8.53. The summed E-state index contributed by atoms with van der Waals surface area (Å²) in [5, 5.41) is 7.11. The first kappa shape index (κ1) is 16.3. The molecule has 26 heavy (non-hydrogen) atoms. The number of amides is 1. The first-order valence-corrected chi connectivity index (χ1v) is 8.53. The summed E-state index contributed by atoms with van der Waals surface area (Å²) in [4.78, 5) is 14.5. The molecule has 0 saturated heterocycles. The Labute approximate surface area is 150 Å². The Balaban J connectivity index is 1.48. The van der Waals surface area contributed by atoms with Crippen LogP contribution in [0.3, 0.4) is 0 Å². The van der Waals surface area contributed by atoms with Crippen LogP contribution < -0.4 is 0 Å². The molecule has 6 heteroatoms. The van der Waals surface area contributed by atoms with Crippen molar-refractivity contribution in [1.29, 1.82) is 0 Å². The zero-order valence-electron chi connectivity index (χ0n) is 14.4. The molecule has 132 valence electrons. The quantitative estimate of drug-likeness (QED) is 0.786. The van der Waals surface area contributed by atoms with Gasteiger partial charge in [0.2, 0.25) is 0 Å². The second kappa shape index (κ2) is 6.63. The van der Waals surface area contributed by atoms with Crippen LogP contribution in [0.5, 0.6) is 0 Å². The van der Waals surface area contributed by atoms with Crippen molar-refractivity contribution in [2.75, 3.05) is 13.1 Å². The molecule has 0 bridgehead atoms. The van der Waals surface area contributed by atoms with Gasteiger partial charge in [-0.25, -0.2) is 4.39 Å². The van der Waals surface area contributed by atoms with Crippen LogP contribution in [0, 0.1) is 5.82 Å². The summed E-state index contributed by atoms with van der Waals surface area (Å²) in [6.07, 6.45) is 4.72. The lowest BCUT2D eigenvalue weighted by Crippen LogP contribution is -2.34. The summed E-state index contributed by atoms with van der Waals surface area (Å²) in [5.74, 6) is -0.303. The molecule has 3 aromatic rings. The molecule has 0 aliphatic carbocycles. The maximum atomic E-state index is 13.1. The summed E-state index contributed by atoms with van der Waals surface area (Å²) in [7, 11) is 1.94. The average molecular weight is 350 g/mol. The number of benzene rings is 1. The predicted molar refractivity (Wildman–Crippen MR) is 97.9 cm³/mol. The number of carbonyl (C=O) groups excluding carboxylic acids is 1. The van der Waals surface area contributed by atoms with E-state index < -0.39 is 0 Å². The van der Waals surface area contributed by atoms with Crippen LogP contribution >= 0.6 is 0 Å². The minimum Gasteiger partial charge on any atom is -0.349 e. The highest BCUT2D eigenvalue weighted by Gasteiger charge is 2.21. The van der Waals surface area contributed by atoms with Crippen molar-refractivity contribution < 1.29 is 9.18 Å². The van der Waals surface area contributed by atoms with Crippen LogP contribution in [0.15, 0.2) is 54.7 Å². The standard InChI is InChI=1S/C20H19FN4O/c1-24-10-2-3-19(24)17-13-18(23-22-17)20(26)25-11-8-15(9-12-25)14-4-6-16(21)7-5-14/h2-8,10,13H,9,11-12H2,1H3,(H,22,23). The van der Waals surface area contributed by atoms with Gasteiger partial charge in [0.1, 0.15) is 17.2 Å². The van der Waals surface area contributed by atoms with Gasteiger partial charge < -0.3 is 9.47 Å². The van der Waals surface area contributed by atoms with Crippen molar-refractivity contribution in [2.24, 2.45) is 7.05 Å². The third-order valence-corrected chi connectivity index (χ3v) is 4.73. The predicted octanol–water partition coefficient (Wildman–Crippen LogP) is 3.48. The normalized spacial score (nSPS) is 14.4. The molecule has 1 aliphatic rings.